The molecule has 21 heavy (non-hydrogen) atoms. The summed E-state index contributed by atoms with van der Waals surface area (Å²) in [6.45, 7) is 4.99. The highest BCUT2D eigenvalue weighted by Crippen LogP contribution is 2.31. The first-order valence-electron chi connectivity index (χ1n) is 6.97. The first-order chi connectivity index (χ1) is 9.99. The fourth-order valence-corrected chi connectivity index (χ4v) is 3.28. The summed E-state index contributed by atoms with van der Waals surface area (Å²) in [7, 11) is 0. The lowest BCUT2D eigenvalue weighted by Gasteiger charge is -2.38. The number of ketones is 2. The van der Waals surface area contributed by atoms with Gasteiger partial charge in [0.2, 0.25) is 11.6 Å². The van der Waals surface area contributed by atoms with E-state index in [1.165, 1.54) is 0 Å². The Morgan fingerprint density at radius 3 is 2.14 bits per heavy atom. The Morgan fingerprint density at radius 2 is 1.57 bits per heavy atom. The van der Waals surface area contributed by atoms with E-state index in [0.29, 0.717) is 29.9 Å². The molecular weight excluding hydrogens is 290 g/mol. The van der Waals surface area contributed by atoms with Crippen molar-refractivity contribution in [3.05, 3.63) is 46.1 Å². The predicted octanol–water partition coefficient (Wildman–Crippen LogP) is 2.63. The lowest BCUT2D eigenvalue weighted by molar-refractivity contribution is -0.0572. The molecule has 0 aromatic heterocycles. The number of Topliss-reactive ketones (excluding diaryl/α,β-unsaturated/α-hetero) is 2. The molecule has 1 saturated heterocycles. The van der Waals surface area contributed by atoms with Crippen molar-refractivity contribution in [1.82, 2.24) is 4.90 Å². The standard InChI is InChI=1S/C16H16ClNO3/c1-9-7-18(8-10(2)21-9)14-13(17)15(19)11-5-3-4-6-12(11)16(14)20/h3-6,9-10H,7-8H2,1-2H3/t9-,10-/m0/s1. The molecule has 0 amide bonds. The molecule has 0 unspecified atom stereocenters. The second-order valence-corrected chi connectivity index (χ2v) is 5.91. The van der Waals surface area contributed by atoms with Crippen molar-refractivity contribution in [2.24, 2.45) is 0 Å². The lowest BCUT2D eigenvalue weighted by Crippen LogP contribution is -2.47. The zero-order chi connectivity index (χ0) is 15.1. The highest BCUT2D eigenvalue weighted by Gasteiger charge is 2.36. The number of ether oxygens (including phenoxy) is 1. The van der Waals surface area contributed by atoms with Crippen LogP contribution < -0.4 is 0 Å². The number of fused-ring (bicyclic) bond motifs is 1. The average molecular weight is 306 g/mol. The normalized spacial score (nSPS) is 26.1. The molecule has 3 rings (SSSR count). The van der Waals surface area contributed by atoms with Crippen LogP contribution in [0.5, 0.6) is 0 Å². The molecule has 0 N–H and O–H groups in total. The van der Waals surface area contributed by atoms with Crippen LogP contribution in [0, 0.1) is 0 Å². The number of rotatable bonds is 1. The van der Waals surface area contributed by atoms with Crippen LogP contribution in [-0.4, -0.2) is 41.8 Å². The number of morpholine rings is 1. The largest absolute Gasteiger partial charge is 0.372 e. The highest BCUT2D eigenvalue weighted by atomic mass is 35.5. The van der Waals surface area contributed by atoms with Gasteiger partial charge in [-0.15, -0.1) is 0 Å². The summed E-state index contributed by atoms with van der Waals surface area (Å²) in [5.41, 5.74) is 1.11. The van der Waals surface area contributed by atoms with Gasteiger partial charge in [-0.05, 0) is 13.8 Å². The van der Waals surface area contributed by atoms with Gasteiger partial charge in [0, 0.05) is 24.2 Å². The number of benzene rings is 1. The first-order valence-corrected chi connectivity index (χ1v) is 7.35. The molecule has 1 fully saturated rings. The zero-order valence-corrected chi connectivity index (χ0v) is 12.7. The van der Waals surface area contributed by atoms with Crippen molar-refractivity contribution in [3.63, 3.8) is 0 Å². The van der Waals surface area contributed by atoms with Crippen molar-refractivity contribution in [2.45, 2.75) is 26.1 Å². The third kappa shape index (κ3) is 2.39. The number of hydrogen-bond acceptors (Lipinski definition) is 4. The smallest absolute Gasteiger partial charge is 0.211 e. The topological polar surface area (TPSA) is 46.6 Å². The molecule has 5 heteroatoms. The summed E-state index contributed by atoms with van der Waals surface area (Å²) in [6.07, 6.45) is -0.0171. The van der Waals surface area contributed by atoms with Gasteiger partial charge >= 0.3 is 0 Å². The Labute approximate surface area is 128 Å². The first kappa shape index (κ1) is 14.3. The number of carbonyl (C=O) groups excluding carboxylic acids is 2. The van der Waals surface area contributed by atoms with Crippen LogP contribution in [0.2, 0.25) is 0 Å². The number of carbonyl (C=O) groups is 2. The van der Waals surface area contributed by atoms with Crippen molar-refractivity contribution in [1.29, 1.82) is 0 Å². The fraction of sp³-hybridized carbons (Fsp3) is 0.375. The van der Waals surface area contributed by atoms with Crippen LogP contribution in [0.15, 0.2) is 35.0 Å². The van der Waals surface area contributed by atoms with Crippen LogP contribution in [0.3, 0.4) is 0 Å². The summed E-state index contributed by atoms with van der Waals surface area (Å²) < 4.78 is 5.67. The molecule has 2 aliphatic rings. The molecule has 1 heterocycles. The van der Waals surface area contributed by atoms with E-state index < -0.39 is 0 Å². The van der Waals surface area contributed by atoms with Crippen molar-refractivity contribution in [2.75, 3.05) is 13.1 Å². The minimum Gasteiger partial charge on any atom is -0.372 e. The third-order valence-electron chi connectivity index (χ3n) is 3.77. The van der Waals surface area contributed by atoms with Crippen LogP contribution >= 0.6 is 11.6 Å². The van der Waals surface area contributed by atoms with Gasteiger partial charge in [0.05, 0.1) is 12.2 Å². The van der Waals surface area contributed by atoms with E-state index >= 15 is 0 Å². The van der Waals surface area contributed by atoms with E-state index in [-0.39, 0.29) is 28.8 Å². The fourth-order valence-electron chi connectivity index (χ4n) is 2.98. The van der Waals surface area contributed by atoms with Crippen molar-refractivity contribution >= 4 is 23.2 Å². The minimum absolute atomic E-state index is 0.00853. The summed E-state index contributed by atoms with van der Waals surface area (Å²) in [4.78, 5) is 27.0. The molecule has 4 nitrogen and oxygen atoms in total. The Morgan fingerprint density at radius 1 is 1.05 bits per heavy atom. The Balaban J connectivity index is 2.04. The molecule has 0 bridgehead atoms. The van der Waals surface area contributed by atoms with Gasteiger partial charge < -0.3 is 9.64 Å². The van der Waals surface area contributed by atoms with E-state index in [1.54, 1.807) is 24.3 Å². The maximum Gasteiger partial charge on any atom is 0.211 e. The summed E-state index contributed by atoms with van der Waals surface area (Å²) in [6, 6.07) is 6.80. The molecule has 1 aromatic rings. The number of nitrogens with zero attached hydrogens (tertiary/aromatic N) is 1. The lowest BCUT2D eigenvalue weighted by atomic mass is 9.91. The van der Waals surface area contributed by atoms with E-state index in [9.17, 15) is 9.59 Å². The Kier molecular flexibility index (Phi) is 3.59. The predicted molar refractivity (Wildman–Crippen MR) is 79.6 cm³/mol. The molecular formula is C16H16ClNO3. The Bertz CT molecular complexity index is 643. The molecule has 110 valence electrons. The van der Waals surface area contributed by atoms with Gasteiger partial charge in [0.15, 0.2) is 0 Å². The Hall–Kier alpha value is -1.65. The summed E-state index contributed by atoms with van der Waals surface area (Å²) in [5, 5.41) is 0.0139. The quantitative estimate of drug-likeness (QED) is 0.800. The van der Waals surface area contributed by atoms with Gasteiger partial charge in [0.1, 0.15) is 10.7 Å². The van der Waals surface area contributed by atoms with Crippen molar-refractivity contribution < 1.29 is 14.3 Å². The van der Waals surface area contributed by atoms with Crippen LogP contribution in [0.1, 0.15) is 34.6 Å². The minimum atomic E-state index is -0.284. The maximum absolute atomic E-state index is 12.7. The van der Waals surface area contributed by atoms with Crippen molar-refractivity contribution in [3.8, 4) is 0 Å². The molecule has 1 aliphatic heterocycles. The monoisotopic (exact) mass is 305 g/mol. The van der Waals surface area contributed by atoms with Gasteiger partial charge in [0.25, 0.3) is 0 Å². The van der Waals surface area contributed by atoms with E-state index in [1.807, 2.05) is 18.7 Å². The second-order valence-electron chi connectivity index (χ2n) is 5.53. The van der Waals surface area contributed by atoms with Gasteiger partial charge in [-0.2, -0.15) is 0 Å². The summed E-state index contributed by atoms with van der Waals surface area (Å²) in [5.74, 6) is -0.467. The third-order valence-corrected chi connectivity index (χ3v) is 4.13. The van der Waals surface area contributed by atoms with E-state index in [2.05, 4.69) is 0 Å². The molecule has 1 aliphatic carbocycles. The van der Waals surface area contributed by atoms with Gasteiger partial charge in [-0.25, -0.2) is 0 Å². The molecule has 0 radical (unpaired) electrons. The van der Waals surface area contributed by atoms with Crippen LogP contribution in [-0.2, 0) is 4.74 Å². The molecule has 1 aromatic carbocycles. The number of halogens is 1. The average Bonchev–Trinajstić information content (AvgIpc) is 2.44. The number of hydrogen-bond donors (Lipinski definition) is 0. The maximum atomic E-state index is 12.7. The second kappa shape index (κ2) is 5.28. The van der Waals surface area contributed by atoms with Gasteiger partial charge in [-0.3, -0.25) is 9.59 Å². The van der Waals surface area contributed by atoms with Crippen LogP contribution in [0.25, 0.3) is 0 Å². The summed E-state index contributed by atoms with van der Waals surface area (Å²) >= 11 is 6.21. The molecule has 0 saturated carbocycles. The van der Waals surface area contributed by atoms with E-state index in [0.717, 1.165) is 0 Å². The molecule has 2 atom stereocenters. The highest BCUT2D eigenvalue weighted by molar-refractivity contribution is 6.49. The zero-order valence-electron chi connectivity index (χ0n) is 11.9. The number of allylic oxidation sites excluding steroid dienone is 2. The SMILES string of the molecule is C[C@H]1CN(C2=C(Cl)C(=O)c3ccccc3C2=O)C[C@H](C)O1. The van der Waals surface area contributed by atoms with E-state index in [4.69, 9.17) is 16.3 Å². The van der Waals surface area contributed by atoms with Gasteiger partial charge in [-0.1, -0.05) is 35.9 Å². The van der Waals surface area contributed by atoms with Crippen LogP contribution in [0.4, 0.5) is 0 Å². The molecule has 0 spiro atoms.